The maximum atomic E-state index is 12.8. The maximum Gasteiger partial charge on any atom is 0.297 e. The molecule has 0 spiro atoms. The van der Waals surface area contributed by atoms with Crippen molar-refractivity contribution in [2.75, 3.05) is 6.54 Å². The number of para-hydroxylation sites is 1. The van der Waals surface area contributed by atoms with Gasteiger partial charge in [0, 0.05) is 18.0 Å². The molecule has 2 heterocycles. The van der Waals surface area contributed by atoms with Gasteiger partial charge >= 0.3 is 0 Å². The number of carbonyl (C=O) groups excluding carboxylic acids is 1. The first kappa shape index (κ1) is 16.8. The molecular formula is C20H23N3O3. The monoisotopic (exact) mass is 353 g/mol. The highest BCUT2D eigenvalue weighted by atomic mass is 16.3. The zero-order chi connectivity index (χ0) is 18.3. The first-order valence-electron chi connectivity index (χ1n) is 9.20. The summed E-state index contributed by atoms with van der Waals surface area (Å²) in [5, 5.41) is 0.814. The number of hydrogen-bond donors (Lipinski definition) is 0. The van der Waals surface area contributed by atoms with Gasteiger partial charge in [-0.3, -0.25) is 14.2 Å². The van der Waals surface area contributed by atoms with Gasteiger partial charge in [-0.25, -0.2) is 4.98 Å². The molecule has 1 saturated carbocycles. The molecule has 26 heavy (non-hydrogen) atoms. The lowest BCUT2D eigenvalue weighted by Crippen LogP contribution is -2.39. The smallest absolute Gasteiger partial charge is 0.297 e. The molecule has 3 aromatic rings. The molecule has 1 aliphatic carbocycles. The Labute approximate surface area is 151 Å². The van der Waals surface area contributed by atoms with Crippen molar-refractivity contribution in [2.45, 2.75) is 45.7 Å². The van der Waals surface area contributed by atoms with E-state index in [2.05, 4.69) is 18.8 Å². The molecule has 0 N–H and O–H groups in total. The van der Waals surface area contributed by atoms with Crippen LogP contribution in [0, 0.1) is 5.92 Å². The molecule has 0 saturated heterocycles. The summed E-state index contributed by atoms with van der Waals surface area (Å²) in [7, 11) is 0. The highest BCUT2D eigenvalue weighted by molar-refractivity contribution is 6.01. The van der Waals surface area contributed by atoms with E-state index in [1.165, 1.54) is 10.9 Å². The number of rotatable bonds is 6. The predicted molar refractivity (Wildman–Crippen MR) is 100.0 cm³/mol. The van der Waals surface area contributed by atoms with Crippen molar-refractivity contribution >= 4 is 28.0 Å². The summed E-state index contributed by atoms with van der Waals surface area (Å²) >= 11 is 0. The Kier molecular flexibility index (Phi) is 4.26. The fourth-order valence-corrected chi connectivity index (χ4v) is 3.26. The number of aromatic nitrogens is 2. The van der Waals surface area contributed by atoms with Crippen LogP contribution >= 0.6 is 0 Å². The normalized spacial score (nSPS) is 14.4. The van der Waals surface area contributed by atoms with Crippen LogP contribution in [0.3, 0.4) is 0 Å². The fraction of sp³-hybridized carbons (Fsp3) is 0.450. The Morgan fingerprint density at radius 1 is 1.35 bits per heavy atom. The largest absolute Gasteiger partial charge is 0.448 e. The minimum Gasteiger partial charge on any atom is -0.448 e. The van der Waals surface area contributed by atoms with Gasteiger partial charge in [0.05, 0.1) is 6.33 Å². The van der Waals surface area contributed by atoms with Crippen LogP contribution in [-0.4, -0.2) is 32.9 Å². The number of benzene rings is 1. The van der Waals surface area contributed by atoms with Gasteiger partial charge in [-0.1, -0.05) is 26.0 Å². The Morgan fingerprint density at radius 2 is 2.12 bits per heavy atom. The molecule has 6 nitrogen and oxygen atoms in total. The third-order valence-electron chi connectivity index (χ3n) is 4.91. The minimum atomic E-state index is -0.306. The average molecular weight is 353 g/mol. The molecule has 0 radical (unpaired) electrons. The molecule has 1 fully saturated rings. The van der Waals surface area contributed by atoms with Crippen LogP contribution < -0.4 is 5.56 Å². The van der Waals surface area contributed by atoms with Crippen molar-refractivity contribution < 1.29 is 9.21 Å². The van der Waals surface area contributed by atoms with Crippen LogP contribution in [0.15, 0.2) is 39.8 Å². The molecule has 4 rings (SSSR count). The molecular weight excluding hydrogens is 330 g/mol. The van der Waals surface area contributed by atoms with Gasteiger partial charge in [-0.15, -0.1) is 0 Å². The molecule has 136 valence electrons. The molecule has 6 heteroatoms. The lowest BCUT2D eigenvalue weighted by molar-refractivity contribution is -0.132. The molecule has 1 aromatic carbocycles. The third-order valence-corrected chi connectivity index (χ3v) is 4.91. The fourth-order valence-electron chi connectivity index (χ4n) is 3.26. The first-order chi connectivity index (χ1) is 12.5. The van der Waals surface area contributed by atoms with Crippen LogP contribution in [0.2, 0.25) is 0 Å². The predicted octanol–water partition coefficient (Wildman–Crippen LogP) is 3.18. The van der Waals surface area contributed by atoms with Crippen LogP contribution in [0.1, 0.15) is 33.1 Å². The second-order valence-corrected chi connectivity index (χ2v) is 7.45. The van der Waals surface area contributed by atoms with E-state index < -0.39 is 0 Å². The van der Waals surface area contributed by atoms with Crippen molar-refractivity contribution in [1.82, 2.24) is 14.5 Å². The van der Waals surface area contributed by atoms with E-state index in [9.17, 15) is 9.59 Å². The highest BCUT2D eigenvalue weighted by Gasteiger charge is 2.32. The van der Waals surface area contributed by atoms with Crippen LogP contribution in [0.25, 0.3) is 22.1 Å². The summed E-state index contributed by atoms with van der Waals surface area (Å²) in [6, 6.07) is 7.77. The summed E-state index contributed by atoms with van der Waals surface area (Å²) in [5.74, 6) is 0.521. The Bertz CT molecular complexity index is 1010. The quantitative estimate of drug-likeness (QED) is 0.682. The van der Waals surface area contributed by atoms with E-state index in [-0.39, 0.29) is 23.6 Å². The van der Waals surface area contributed by atoms with Gasteiger partial charge in [0.25, 0.3) is 5.56 Å². The summed E-state index contributed by atoms with van der Waals surface area (Å²) in [5.41, 5.74) is 1.08. The molecule has 0 unspecified atom stereocenters. The van der Waals surface area contributed by atoms with E-state index in [4.69, 9.17) is 4.42 Å². The van der Waals surface area contributed by atoms with E-state index in [1.807, 2.05) is 29.2 Å². The lowest BCUT2D eigenvalue weighted by atomic mass is 10.1. The molecule has 1 aliphatic rings. The van der Waals surface area contributed by atoms with Crippen molar-refractivity contribution in [3.8, 4) is 0 Å². The summed E-state index contributed by atoms with van der Waals surface area (Å²) in [6.07, 6.45) is 4.54. The topological polar surface area (TPSA) is 68.3 Å². The number of hydrogen-bond acceptors (Lipinski definition) is 4. The lowest BCUT2D eigenvalue weighted by Gasteiger charge is -2.23. The van der Waals surface area contributed by atoms with E-state index in [0.29, 0.717) is 23.1 Å². The van der Waals surface area contributed by atoms with Gasteiger partial charge in [0.2, 0.25) is 11.5 Å². The summed E-state index contributed by atoms with van der Waals surface area (Å²) < 4.78 is 7.04. The SMILES string of the molecule is CC(C)CCN(C(=O)Cn1cnc2c(oc3ccccc32)c1=O)C1CC1. The second-order valence-electron chi connectivity index (χ2n) is 7.45. The molecule has 2 aromatic heterocycles. The minimum absolute atomic E-state index is 0.00735. The number of carbonyl (C=O) groups is 1. The van der Waals surface area contributed by atoms with E-state index >= 15 is 0 Å². The molecule has 1 amide bonds. The zero-order valence-corrected chi connectivity index (χ0v) is 15.1. The number of fused-ring (bicyclic) bond motifs is 3. The van der Waals surface area contributed by atoms with Crippen LogP contribution in [0.4, 0.5) is 0 Å². The molecule has 0 bridgehead atoms. The van der Waals surface area contributed by atoms with Gasteiger partial charge in [0.1, 0.15) is 17.6 Å². The summed E-state index contributed by atoms with van der Waals surface area (Å²) in [4.78, 5) is 31.8. The Morgan fingerprint density at radius 3 is 2.85 bits per heavy atom. The van der Waals surface area contributed by atoms with Gasteiger partial charge < -0.3 is 9.32 Å². The maximum absolute atomic E-state index is 12.8. The van der Waals surface area contributed by atoms with E-state index in [1.54, 1.807) is 0 Å². The van der Waals surface area contributed by atoms with Gasteiger partial charge in [-0.05, 0) is 37.3 Å². The van der Waals surface area contributed by atoms with Crippen molar-refractivity contribution in [3.05, 3.63) is 40.9 Å². The van der Waals surface area contributed by atoms with E-state index in [0.717, 1.165) is 31.2 Å². The Balaban J connectivity index is 1.62. The highest BCUT2D eigenvalue weighted by Crippen LogP contribution is 2.28. The average Bonchev–Trinajstić information content (AvgIpc) is 3.37. The first-order valence-corrected chi connectivity index (χ1v) is 9.20. The number of furan rings is 1. The van der Waals surface area contributed by atoms with Crippen LogP contribution in [-0.2, 0) is 11.3 Å². The van der Waals surface area contributed by atoms with Crippen molar-refractivity contribution in [2.24, 2.45) is 5.92 Å². The van der Waals surface area contributed by atoms with Crippen molar-refractivity contribution in [3.63, 3.8) is 0 Å². The molecule has 0 atom stereocenters. The van der Waals surface area contributed by atoms with Gasteiger partial charge in [-0.2, -0.15) is 0 Å². The third kappa shape index (κ3) is 3.11. The van der Waals surface area contributed by atoms with Gasteiger partial charge in [0.15, 0.2) is 0 Å². The zero-order valence-electron chi connectivity index (χ0n) is 15.1. The number of amides is 1. The van der Waals surface area contributed by atoms with Crippen molar-refractivity contribution in [1.29, 1.82) is 0 Å². The summed E-state index contributed by atoms with van der Waals surface area (Å²) in [6.45, 7) is 5.06. The molecule has 0 aliphatic heterocycles. The van der Waals surface area contributed by atoms with Crippen LogP contribution in [0.5, 0.6) is 0 Å². The second kappa shape index (κ2) is 6.59. The standard InChI is InChI=1S/C20H23N3O3/c1-13(2)9-10-23(14-7-8-14)17(24)11-22-12-21-18-15-5-3-4-6-16(15)26-19(18)20(22)25/h3-6,12-14H,7-11H2,1-2H3. The number of nitrogens with zero attached hydrogens (tertiary/aromatic N) is 3. The Hall–Kier alpha value is -2.63.